The predicted molar refractivity (Wildman–Crippen MR) is 83.0 cm³/mol. The first-order chi connectivity index (χ1) is 10.1. The molecular weight excluding hydrogens is 284 g/mol. The van der Waals surface area contributed by atoms with Gasteiger partial charge in [0.2, 0.25) is 0 Å². The Hall–Kier alpha value is -1.86. The van der Waals surface area contributed by atoms with E-state index in [9.17, 15) is 0 Å². The summed E-state index contributed by atoms with van der Waals surface area (Å²) in [7, 11) is 2.09. The fourth-order valence-corrected chi connectivity index (χ4v) is 2.86. The van der Waals surface area contributed by atoms with Gasteiger partial charge >= 0.3 is 0 Å². The highest BCUT2D eigenvalue weighted by Crippen LogP contribution is 2.16. The highest BCUT2D eigenvalue weighted by molar-refractivity contribution is 7.00. The van der Waals surface area contributed by atoms with Crippen LogP contribution in [0.4, 0.5) is 0 Å². The molecule has 0 N–H and O–H groups in total. The third-order valence-corrected chi connectivity index (χ3v) is 3.94. The van der Waals surface area contributed by atoms with Gasteiger partial charge in [0.05, 0.1) is 18.3 Å². The Morgan fingerprint density at radius 3 is 2.81 bits per heavy atom. The summed E-state index contributed by atoms with van der Waals surface area (Å²) in [4.78, 5) is 2.23. The summed E-state index contributed by atoms with van der Waals surface area (Å²) < 4.78 is 10.6. The average molecular weight is 302 g/mol. The lowest BCUT2D eigenvalue weighted by atomic mass is 10.2. The molecule has 0 unspecified atom stereocenters. The lowest BCUT2D eigenvalue weighted by Crippen LogP contribution is -2.20. The van der Waals surface area contributed by atoms with Crippen molar-refractivity contribution in [2.45, 2.75) is 33.0 Å². The molecule has 0 aliphatic heterocycles. The maximum atomic E-state index is 4.29. The third kappa shape index (κ3) is 3.08. The summed E-state index contributed by atoms with van der Waals surface area (Å²) in [6.45, 7) is 5.88. The third-order valence-electron chi connectivity index (χ3n) is 3.39. The normalized spacial score (nSPS) is 11.9. The van der Waals surface area contributed by atoms with E-state index in [4.69, 9.17) is 0 Å². The Kier molecular flexibility index (Phi) is 3.94. The molecule has 0 saturated carbocycles. The van der Waals surface area contributed by atoms with Gasteiger partial charge in [0, 0.05) is 12.6 Å². The zero-order valence-electron chi connectivity index (χ0n) is 12.4. The molecule has 3 rings (SSSR count). The molecule has 1 aromatic carbocycles. The molecule has 0 aliphatic rings. The van der Waals surface area contributed by atoms with Crippen molar-refractivity contribution >= 4 is 22.8 Å². The van der Waals surface area contributed by atoms with Gasteiger partial charge in [-0.25, -0.2) is 0 Å². The fraction of sp³-hybridized carbons (Fsp3) is 0.429. The molecule has 0 spiro atoms. The lowest BCUT2D eigenvalue weighted by molar-refractivity contribution is 0.302. The van der Waals surface area contributed by atoms with E-state index >= 15 is 0 Å². The molecule has 3 aromatic rings. The van der Waals surface area contributed by atoms with Crippen LogP contribution in [-0.2, 0) is 13.1 Å². The van der Waals surface area contributed by atoms with Crippen molar-refractivity contribution in [2.75, 3.05) is 7.05 Å². The number of benzene rings is 1. The summed E-state index contributed by atoms with van der Waals surface area (Å²) in [6, 6.07) is 6.61. The van der Waals surface area contributed by atoms with Crippen LogP contribution >= 0.6 is 11.7 Å². The van der Waals surface area contributed by atoms with Gasteiger partial charge in [0.15, 0.2) is 0 Å². The van der Waals surface area contributed by atoms with Gasteiger partial charge in [0.25, 0.3) is 0 Å². The van der Waals surface area contributed by atoms with Crippen molar-refractivity contribution in [3.8, 4) is 0 Å². The Labute approximate surface area is 127 Å². The summed E-state index contributed by atoms with van der Waals surface area (Å²) in [5.41, 5.74) is 3.16. The van der Waals surface area contributed by atoms with Gasteiger partial charge in [-0.2, -0.15) is 8.75 Å². The second-order valence-electron chi connectivity index (χ2n) is 5.51. The van der Waals surface area contributed by atoms with Crippen LogP contribution in [0.5, 0.6) is 0 Å². The van der Waals surface area contributed by atoms with Crippen molar-refractivity contribution < 1.29 is 0 Å². The number of aromatic nitrogens is 5. The molecule has 110 valence electrons. The minimum absolute atomic E-state index is 0.376. The lowest BCUT2D eigenvalue weighted by Gasteiger charge is -2.18. The van der Waals surface area contributed by atoms with Crippen LogP contribution in [0.1, 0.15) is 31.3 Å². The van der Waals surface area contributed by atoms with Gasteiger partial charge in [-0.3, -0.25) is 4.90 Å². The van der Waals surface area contributed by atoms with Crippen molar-refractivity contribution in [3.63, 3.8) is 0 Å². The van der Waals surface area contributed by atoms with Crippen LogP contribution in [0.25, 0.3) is 11.0 Å². The van der Waals surface area contributed by atoms with Crippen molar-refractivity contribution in [1.82, 2.24) is 28.4 Å². The van der Waals surface area contributed by atoms with E-state index in [1.807, 2.05) is 6.07 Å². The first-order valence-electron chi connectivity index (χ1n) is 6.91. The molecule has 0 bridgehead atoms. The molecule has 0 saturated heterocycles. The zero-order valence-corrected chi connectivity index (χ0v) is 13.2. The van der Waals surface area contributed by atoms with Crippen molar-refractivity contribution in [3.05, 3.63) is 35.9 Å². The molecule has 21 heavy (non-hydrogen) atoms. The Bertz CT molecular complexity index is 732. The van der Waals surface area contributed by atoms with E-state index in [1.165, 1.54) is 17.3 Å². The molecule has 6 nitrogen and oxygen atoms in total. The van der Waals surface area contributed by atoms with Crippen LogP contribution < -0.4 is 0 Å². The standard InChI is InChI=1S/C14H18N6S/c1-10(2)20-9-15-16-14(20)8-19(3)7-11-4-5-12-13(6-11)18-21-17-12/h4-6,9-10H,7-8H2,1-3H3. The largest absolute Gasteiger partial charge is 0.314 e. The first-order valence-corrected chi connectivity index (χ1v) is 7.64. The minimum atomic E-state index is 0.376. The van der Waals surface area contributed by atoms with E-state index in [-0.39, 0.29) is 0 Å². The Balaban J connectivity index is 1.70. The highest BCUT2D eigenvalue weighted by Gasteiger charge is 2.11. The number of fused-ring (bicyclic) bond motifs is 1. The predicted octanol–water partition coefficient (Wildman–Crippen LogP) is 2.50. The van der Waals surface area contributed by atoms with E-state index in [0.29, 0.717) is 6.04 Å². The van der Waals surface area contributed by atoms with Gasteiger partial charge in [0.1, 0.15) is 23.2 Å². The number of hydrogen-bond donors (Lipinski definition) is 0. The molecule has 0 aliphatic carbocycles. The quantitative estimate of drug-likeness (QED) is 0.724. The molecule has 0 amide bonds. The molecule has 7 heteroatoms. The monoisotopic (exact) mass is 302 g/mol. The van der Waals surface area contributed by atoms with Crippen LogP contribution in [0, 0.1) is 0 Å². The number of hydrogen-bond acceptors (Lipinski definition) is 6. The van der Waals surface area contributed by atoms with E-state index in [1.54, 1.807) is 6.33 Å². The van der Waals surface area contributed by atoms with Gasteiger partial charge in [-0.15, -0.1) is 10.2 Å². The zero-order chi connectivity index (χ0) is 14.8. The molecule has 2 heterocycles. The molecule has 0 fully saturated rings. The summed E-state index contributed by atoms with van der Waals surface area (Å²) in [5.74, 6) is 0.990. The van der Waals surface area contributed by atoms with Gasteiger partial charge in [-0.05, 0) is 38.6 Å². The molecular formula is C14H18N6S. The van der Waals surface area contributed by atoms with Crippen molar-refractivity contribution in [2.24, 2.45) is 0 Å². The topological polar surface area (TPSA) is 59.7 Å². The van der Waals surface area contributed by atoms with E-state index in [2.05, 4.69) is 61.4 Å². The second-order valence-corrected chi connectivity index (χ2v) is 6.04. The fourth-order valence-electron chi connectivity index (χ4n) is 2.35. The van der Waals surface area contributed by atoms with Crippen LogP contribution in [0.15, 0.2) is 24.5 Å². The Morgan fingerprint density at radius 2 is 2.00 bits per heavy atom. The van der Waals surface area contributed by atoms with Gasteiger partial charge in [-0.1, -0.05) is 6.07 Å². The van der Waals surface area contributed by atoms with Crippen LogP contribution in [0.2, 0.25) is 0 Å². The average Bonchev–Trinajstić information content (AvgIpc) is 3.06. The smallest absolute Gasteiger partial charge is 0.147 e. The van der Waals surface area contributed by atoms with Crippen LogP contribution in [-0.4, -0.2) is 35.5 Å². The SMILES string of the molecule is CC(C)n1cnnc1CN(C)Cc1ccc2nsnc2c1. The van der Waals surface area contributed by atoms with Gasteiger partial charge < -0.3 is 4.57 Å². The Morgan fingerprint density at radius 1 is 1.19 bits per heavy atom. The maximum Gasteiger partial charge on any atom is 0.147 e. The second kappa shape index (κ2) is 5.87. The highest BCUT2D eigenvalue weighted by atomic mass is 32.1. The summed E-state index contributed by atoms with van der Waals surface area (Å²) >= 11 is 1.25. The minimum Gasteiger partial charge on any atom is -0.314 e. The number of rotatable bonds is 5. The molecule has 0 radical (unpaired) electrons. The summed E-state index contributed by atoms with van der Waals surface area (Å²) in [5, 5.41) is 8.22. The van der Waals surface area contributed by atoms with Crippen molar-refractivity contribution in [1.29, 1.82) is 0 Å². The van der Waals surface area contributed by atoms with E-state index < -0.39 is 0 Å². The number of nitrogens with zero attached hydrogens (tertiary/aromatic N) is 6. The van der Waals surface area contributed by atoms with E-state index in [0.717, 1.165) is 29.9 Å². The first kappa shape index (κ1) is 14.1. The summed E-state index contributed by atoms with van der Waals surface area (Å²) in [6.07, 6.45) is 1.79. The van der Waals surface area contributed by atoms with Crippen LogP contribution in [0.3, 0.4) is 0 Å². The maximum absolute atomic E-state index is 4.29. The molecule has 0 atom stereocenters. The molecule has 2 aromatic heterocycles.